The highest BCUT2D eigenvalue weighted by Gasteiger charge is 2.16. The van der Waals surface area contributed by atoms with Gasteiger partial charge in [0.15, 0.2) is 0 Å². The van der Waals surface area contributed by atoms with Crippen LogP contribution in [0.15, 0.2) is 40.9 Å². The summed E-state index contributed by atoms with van der Waals surface area (Å²) >= 11 is 15.0. The number of aliphatic hydroxyl groups is 1. The van der Waals surface area contributed by atoms with E-state index in [0.29, 0.717) is 20.1 Å². The molecule has 0 saturated heterocycles. The van der Waals surface area contributed by atoms with E-state index < -0.39 is 11.9 Å². The van der Waals surface area contributed by atoms with Crippen molar-refractivity contribution in [3.8, 4) is 0 Å². The number of benzene rings is 2. The fraction of sp³-hybridized carbons (Fsp3) is 0.143. The van der Waals surface area contributed by atoms with E-state index in [2.05, 4.69) is 15.9 Å². The summed E-state index contributed by atoms with van der Waals surface area (Å²) in [5.74, 6) is -0.465. The van der Waals surface area contributed by atoms with Crippen LogP contribution in [-0.2, 0) is 6.42 Å². The van der Waals surface area contributed by atoms with Crippen molar-refractivity contribution in [3.63, 3.8) is 0 Å². The molecule has 0 spiro atoms. The Balaban J connectivity index is 2.28. The van der Waals surface area contributed by atoms with Gasteiger partial charge >= 0.3 is 0 Å². The molecule has 2 aromatic rings. The van der Waals surface area contributed by atoms with Crippen LogP contribution in [0.3, 0.4) is 0 Å². The maximum Gasteiger partial charge on any atom is 0.143 e. The number of halogens is 4. The van der Waals surface area contributed by atoms with Gasteiger partial charge in [0.05, 0.1) is 10.6 Å². The van der Waals surface area contributed by atoms with Crippen LogP contribution in [0.5, 0.6) is 0 Å². The number of rotatable bonds is 3. The summed E-state index contributed by atoms with van der Waals surface area (Å²) in [5.41, 5.74) is 0.909. The highest BCUT2D eigenvalue weighted by atomic mass is 79.9. The van der Waals surface area contributed by atoms with Crippen LogP contribution in [0.2, 0.25) is 10.0 Å². The van der Waals surface area contributed by atoms with Crippen molar-refractivity contribution in [1.82, 2.24) is 0 Å². The molecule has 0 saturated carbocycles. The van der Waals surface area contributed by atoms with Crippen LogP contribution in [0.25, 0.3) is 0 Å². The standard InChI is InChI=1S/C14H10BrCl2FO/c15-11-3-1-2-10(14(11)18)13(19)7-8-6-9(16)4-5-12(8)17/h1-6,13,19H,7H2. The molecule has 1 N–H and O–H groups in total. The molecule has 0 heterocycles. The first kappa shape index (κ1) is 14.8. The third-order valence-corrected chi connectivity index (χ3v) is 3.98. The zero-order chi connectivity index (χ0) is 14.0. The maximum atomic E-state index is 13.9. The Morgan fingerprint density at radius 1 is 1.21 bits per heavy atom. The average molecular weight is 364 g/mol. The molecule has 0 aliphatic heterocycles. The summed E-state index contributed by atoms with van der Waals surface area (Å²) in [6.07, 6.45) is -0.777. The molecule has 0 aliphatic rings. The van der Waals surface area contributed by atoms with Gasteiger partial charge in [-0.3, -0.25) is 0 Å². The summed E-state index contributed by atoms with van der Waals surface area (Å²) in [7, 11) is 0. The molecule has 0 aliphatic carbocycles. The molecule has 0 bridgehead atoms. The van der Waals surface area contributed by atoms with Crippen molar-refractivity contribution in [3.05, 3.63) is 67.9 Å². The summed E-state index contributed by atoms with van der Waals surface area (Å²) in [6.45, 7) is 0. The summed E-state index contributed by atoms with van der Waals surface area (Å²) < 4.78 is 14.2. The topological polar surface area (TPSA) is 20.2 Å². The Kier molecular flexibility index (Phi) is 4.85. The van der Waals surface area contributed by atoms with E-state index in [-0.39, 0.29) is 12.0 Å². The van der Waals surface area contributed by atoms with E-state index in [4.69, 9.17) is 23.2 Å². The van der Waals surface area contributed by atoms with Gasteiger partial charge in [-0.25, -0.2) is 4.39 Å². The van der Waals surface area contributed by atoms with Gasteiger partial charge in [0, 0.05) is 22.0 Å². The first-order valence-electron chi connectivity index (χ1n) is 5.55. The Morgan fingerprint density at radius 3 is 2.68 bits per heavy atom. The van der Waals surface area contributed by atoms with Crippen molar-refractivity contribution < 1.29 is 9.50 Å². The highest BCUT2D eigenvalue weighted by molar-refractivity contribution is 9.10. The predicted molar refractivity (Wildman–Crippen MR) is 79.2 cm³/mol. The van der Waals surface area contributed by atoms with Crippen LogP contribution in [0.1, 0.15) is 17.2 Å². The lowest BCUT2D eigenvalue weighted by molar-refractivity contribution is 0.173. The number of aliphatic hydroxyl groups excluding tert-OH is 1. The Labute approximate surface area is 129 Å². The van der Waals surface area contributed by atoms with Crippen molar-refractivity contribution in [1.29, 1.82) is 0 Å². The molecule has 0 amide bonds. The molecule has 1 unspecified atom stereocenters. The molecule has 2 rings (SSSR count). The first-order valence-corrected chi connectivity index (χ1v) is 7.10. The van der Waals surface area contributed by atoms with E-state index >= 15 is 0 Å². The van der Waals surface area contributed by atoms with Crippen molar-refractivity contribution in [2.75, 3.05) is 0 Å². The lowest BCUT2D eigenvalue weighted by Crippen LogP contribution is -2.05. The Morgan fingerprint density at radius 2 is 1.95 bits per heavy atom. The average Bonchev–Trinajstić information content (AvgIpc) is 2.37. The maximum absolute atomic E-state index is 13.9. The van der Waals surface area contributed by atoms with Gasteiger partial charge in [-0.2, -0.15) is 0 Å². The van der Waals surface area contributed by atoms with E-state index in [0.717, 1.165) is 0 Å². The summed E-state index contributed by atoms with van der Waals surface area (Å²) in [5, 5.41) is 11.2. The zero-order valence-electron chi connectivity index (χ0n) is 9.71. The molecule has 0 fully saturated rings. The Bertz CT molecular complexity index is 604. The van der Waals surface area contributed by atoms with Gasteiger partial charge in [-0.05, 0) is 45.8 Å². The highest BCUT2D eigenvalue weighted by Crippen LogP contribution is 2.29. The molecular formula is C14H10BrCl2FO. The van der Waals surface area contributed by atoms with Gasteiger partial charge in [-0.1, -0.05) is 35.3 Å². The van der Waals surface area contributed by atoms with Crippen molar-refractivity contribution in [2.45, 2.75) is 12.5 Å². The lowest BCUT2D eigenvalue weighted by Gasteiger charge is -2.14. The minimum atomic E-state index is -0.978. The van der Waals surface area contributed by atoms with E-state index in [9.17, 15) is 9.50 Å². The molecule has 0 aromatic heterocycles. The quantitative estimate of drug-likeness (QED) is 0.797. The minimum absolute atomic E-state index is 0.201. The molecule has 5 heteroatoms. The van der Waals surface area contributed by atoms with Crippen LogP contribution in [0.4, 0.5) is 4.39 Å². The monoisotopic (exact) mass is 362 g/mol. The predicted octanol–water partition coefficient (Wildman–Crippen LogP) is 5.17. The number of hydrogen-bond donors (Lipinski definition) is 1. The Hall–Kier alpha value is -0.610. The third kappa shape index (κ3) is 3.48. The minimum Gasteiger partial charge on any atom is -0.388 e. The van der Waals surface area contributed by atoms with Gasteiger partial charge in [0.25, 0.3) is 0 Å². The largest absolute Gasteiger partial charge is 0.388 e. The molecule has 19 heavy (non-hydrogen) atoms. The second-order valence-corrected chi connectivity index (χ2v) is 5.80. The molecule has 2 aromatic carbocycles. The van der Waals surface area contributed by atoms with Crippen LogP contribution >= 0.6 is 39.1 Å². The molecule has 100 valence electrons. The third-order valence-electron chi connectivity index (χ3n) is 2.76. The fourth-order valence-corrected chi connectivity index (χ4v) is 2.57. The van der Waals surface area contributed by atoms with Gasteiger partial charge < -0.3 is 5.11 Å². The molecule has 0 radical (unpaired) electrons. The normalized spacial score (nSPS) is 12.5. The molecule has 1 atom stereocenters. The van der Waals surface area contributed by atoms with Gasteiger partial charge in [0.1, 0.15) is 5.82 Å². The van der Waals surface area contributed by atoms with Crippen LogP contribution in [-0.4, -0.2) is 5.11 Å². The lowest BCUT2D eigenvalue weighted by atomic mass is 10.0. The zero-order valence-corrected chi connectivity index (χ0v) is 12.8. The van der Waals surface area contributed by atoms with Crippen molar-refractivity contribution in [2.24, 2.45) is 0 Å². The second-order valence-electron chi connectivity index (χ2n) is 4.10. The van der Waals surface area contributed by atoms with Gasteiger partial charge in [-0.15, -0.1) is 0 Å². The van der Waals surface area contributed by atoms with E-state index in [1.807, 2.05) is 0 Å². The SMILES string of the molecule is OC(Cc1cc(Cl)ccc1Cl)c1cccc(Br)c1F. The summed E-state index contributed by atoms with van der Waals surface area (Å²) in [4.78, 5) is 0. The number of hydrogen-bond acceptors (Lipinski definition) is 1. The van der Waals surface area contributed by atoms with Crippen molar-refractivity contribution >= 4 is 39.1 Å². The van der Waals surface area contributed by atoms with Crippen LogP contribution < -0.4 is 0 Å². The smallest absolute Gasteiger partial charge is 0.143 e. The van der Waals surface area contributed by atoms with Crippen LogP contribution in [0, 0.1) is 5.82 Å². The second kappa shape index (κ2) is 6.23. The van der Waals surface area contributed by atoms with Gasteiger partial charge in [0.2, 0.25) is 0 Å². The van der Waals surface area contributed by atoms with E-state index in [1.165, 1.54) is 0 Å². The first-order chi connectivity index (χ1) is 8.99. The molecule has 1 nitrogen and oxygen atoms in total. The molecular weight excluding hydrogens is 354 g/mol. The summed E-state index contributed by atoms with van der Waals surface area (Å²) in [6, 6.07) is 9.79. The van der Waals surface area contributed by atoms with E-state index in [1.54, 1.807) is 36.4 Å². The fourth-order valence-electron chi connectivity index (χ4n) is 1.80.